The molecule has 2 fully saturated rings. The van der Waals surface area contributed by atoms with Gasteiger partial charge in [0.25, 0.3) is 0 Å². The Morgan fingerprint density at radius 2 is 2.13 bits per heavy atom. The van der Waals surface area contributed by atoms with Gasteiger partial charge in [0.15, 0.2) is 0 Å². The molecule has 0 aromatic carbocycles. The van der Waals surface area contributed by atoms with Crippen molar-refractivity contribution in [1.29, 1.82) is 0 Å². The number of carbonyl (C=O) groups excluding carboxylic acids is 1. The van der Waals surface area contributed by atoms with Gasteiger partial charge in [0.1, 0.15) is 5.82 Å². The molecule has 1 aromatic heterocycles. The van der Waals surface area contributed by atoms with Crippen LogP contribution in [0.25, 0.3) is 0 Å². The highest BCUT2D eigenvalue weighted by molar-refractivity contribution is 6.32. The molecule has 2 aliphatic heterocycles. The number of rotatable bonds is 3. The van der Waals surface area contributed by atoms with Gasteiger partial charge < -0.3 is 14.5 Å². The van der Waals surface area contributed by atoms with Gasteiger partial charge in [-0.2, -0.15) is 0 Å². The maximum Gasteiger partial charge on any atom is 0.409 e. The first-order valence-corrected chi connectivity index (χ1v) is 8.58. The standard InChI is InChI=1S/C16H23ClN4O2/c1-2-23-16(22)21-7-5-13(12-21)19-8-10-20(11-9-19)15-14(17)4-3-6-18-15/h3-4,6,13H,2,5,7-12H2,1H3/t13-/m0/s1. The highest BCUT2D eigenvalue weighted by Gasteiger charge is 2.33. The summed E-state index contributed by atoms with van der Waals surface area (Å²) in [6.45, 7) is 7.58. The normalized spacial score (nSPS) is 22.4. The molecular formula is C16H23ClN4O2. The molecule has 3 rings (SSSR count). The monoisotopic (exact) mass is 338 g/mol. The van der Waals surface area contributed by atoms with Crippen molar-refractivity contribution in [3.63, 3.8) is 0 Å². The summed E-state index contributed by atoms with van der Waals surface area (Å²) in [5, 5.41) is 0.704. The molecule has 7 heteroatoms. The van der Waals surface area contributed by atoms with Gasteiger partial charge in [-0.25, -0.2) is 9.78 Å². The average Bonchev–Trinajstić information content (AvgIpc) is 3.06. The third kappa shape index (κ3) is 3.70. The van der Waals surface area contributed by atoms with Crippen molar-refractivity contribution in [1.82, 2.24) is 14.8 Å². The maximum atomic E-state index is 11.8. The van der Waals surface area contributed by atoms with Crippen molar-refractivity contribution in [3.05, 3.63) is 23.4 Å². The van der Waals surface area contributed by atoms with E-state index < -0.39 is 0 Å². The van der Waals surface area contributed by atoms with E-state index in [1.807, 2.05) is 24.0 Å². The van der Waals surface area contributed by atoms with Crippen LogP contribution in [0, 0.1) is 0 Å². The second-order valence-electron chi connectivity index (χ2n) is 5.92. The molecule has 126 valence electrons. The molecule has 0 aliphatic carbocycles. The van der Waals surface area contributed by atoms with E-state index in [0.717, 1.165) is 51.5 Å². The molecule has 0 unspecified atom stereocenters. The quantitative estimate of drug-likeness (QED) is 0.844. The molecule has 2 aliphatic rings. The van der Waals surface area contributed by atoms with Crippen LogP contribution in [-0.4, -0.2) is 72.8 Å². The van der Waals surface area contributed by atoms with E-state index in [0.29, 0.717) is 17.7 Å². The predicted octanol–water partition coefficient (Wildman–Crippen LogP) is 2.09. The molecule has 1 atom stereocenters. The van der Waals surface area contributed by atoms with Crippen LogP contribution in [0.3, 0.4) is 0 Å². The van der Waals surface area contributed by atoms with Gasteiger partial charge in [0.05, 0.1) is 11.6 Å². The molecule has 23 heavy (non-hydrogen) atoms. The number of carbonyl (C=O) groups is 1. The molecule has 1 aromatic rings. The van der Waals surface area contributed by atoms with E-state index in [9.17, 15) is 4.79 Å². The SMILES string of the molecule is CCOC(=O)N1CC[C@H](N2CCN(c3ncccc3Cl)CC2)C1. The summed E-state index contributed by atoms with van der Waals surface area (Å²) in [4.78, 5) is 22.7. The fourth-order valence-electron chi connectivity index (χ4n) is 3.33. The van der Waals surface area contributed by atoms with Gasteiger partial charge in [-0.05, 0) is 25.5 Å². The number of hydrogen-bond donors (Lipinski definition) is 0. The fourth-order valence-corrected chi connectivity index (χ4v) is 3.57. The molecule has 6 nitrogen and oxygen atoms in total. The van der Waals surface area contributed by atoms with Crippen molar-refractivity contribution in [2.24, 2.45) is 0 Å². The molecule has 3 heterocycles. The largest absolute Gasteiger partial charge is 0.450 e. The number of pyridine rings is 1. The lowest BCUT2D eigenvalue weighted by atomic mass is 10.2. The Bertz CT molecular complexity index is 549. The molecule has 0 spiro atoms. The van der Waals surface area contributed by atoms with Crippen LogP contribution < -0.4 is 4.90 Å². The second-order valence-corrected chi connectivity index (χ2v) is 6.33. The predicted molar refractivity (Wildman–Crippen MR) is 90.0 cm³/mol. The maximum absolute atomic E-state index is 11.8. The van der Waals surface area contributed by atoms with E-state index in [1.54, 1.807) is 6.20 Å². The Kier molecular flexibility index (Phi) is 5.23. The number of hydrogen-bond acceptors (Lipinski definition) is 5. The van der Waals surface area contributed by atoms with E-state index in [1.165, 1.54) is 0 Å². The Morgan fingerprint density at radius 3 is 2.83 bits per heavy atom. The van der Waals surface area contributed by atoms with Gasteiger partial charge in [0, 0.05) is 51.5 Å². The van der Waals surface area contributed by atoms with Gasteiger partial charge in [-0.3, -0.25) is 4.90 Å². The molecule has 2 saturated heterocycles. The Labute approximate surface area is 142 Å². The fraction of sp³-hybridized carbons (Fsp3) is 0.625. The Morgan fingerprint density at radius 1 is 1.35 bits per heavy atom. The summed E-state index contributed by atoms with van der Waals surface area (Å²) in [5.74, 6) is 0.869. The molecule has 0 saturated carbocycles. The number of halogens is 1. The van der Waals surface area contributed by atoms with E-state index in [4.69, 9.17) is 16.3 Å². The third-order valence-corrected chi connectivity index (χ3v) is 4.85. The average molecular weight is 339 g/mol. The number of amides is 1. The van der Waals surface area contributed by atoms with Crippen molar-refractivity contribution >= 4 is 23.5 Å². The molecule has 0 radical (unpaired) electrons. The molecule has 0 bridgehead atoms. The van der Waals surface area contributed by atoms with E-state index in [2.05, 4.69) is 14.8 Å². The Balaban J connectivity index is 1.52. The molecular weight excluding hydrogens is 316 g/mol. The summed E-state index contributed by atoms with van der Waals surface area (Å²) >= 11 is 6.23. The minimum absolute atomic E-state index is 0.186. The lowest BCUT2D eigenvalue weighted by Crippen LogP contribution is -2.51. The number of aromatic nitrogens is 1. The van der Waals surface area contributed by atoms with Crippen molar-refractivity contribution in [3.8, 4) is 0 Å². The van der Waals surface area contributed by atoms with Crippen LogP contribution in [0.15, 0.2) is 18.3 Å². The van der Waals surface area contributed by atoms with Crippen LogP contribution in [0.2, 0.25) is 5.02 Å². The molecule has 0 N–H and O–H groups in total. The summed E-state index contributed by atoms with van der Waals surface area (Å²) < 4.78 is 5.09. The highest BCUT2D eigenvalue weighted by Crippen LogP contribution is 2.25. The van der Waals surface area contributed by atoms with Crippen LogP contribution in [0.5, 0.6) is 0 Å². The van der Waals surface area contributed by atoms with Gasteiger partial charge >= 0.3 is 6.09 Å². The van der Waals surface area contributed by atoms with E-state index >= 15 is 0 Å². The van der Waals surface area contributed by atoms with Gasteiger partial charge in [-0.1, -0.05) is 11.6 Å². The van der Waals surface area contributed by atoms with Crippen LogP contribution >= 0.6 is 11.6 Å². The highest BCUT2D eigenvalue weighted by atomic mass is 35.5. The van der Waals surface area contributed by atoms with Crippen molar-refractivity contribution < 1.29 is 9.53 Å². The van der Waals surface area contributed by atoms with Crippen LogP contribution in [0.1, 0.15) is 13.3 Å². The molecule has 1 amide bonds. The zero-order valence-corrected chi connectivity index (χ0v) is 14.2. The Hall–Kier alpha value is -1.53. The second kappa shape index (κ2) is 7.36. The number of likely N-dealkylation sites (tertiary alicyclic amines) is 1. The third-order valence-electron chi connectivity index (χ3n) is 4.56. The number of ether oxygens (including phenoxy) is 1. The zero-order valence-electron chi connectivity index (χ0n) is 13.4. The van der Waals surface area contributed by atoms with Crippen molar-refractivity contribution in [2.45, 2.75) is 19.4 Å². The number of anilines is 1. The summed E-state index contributed by atoms with van der Waals surface area (Å²) in [5.41, 5.74) is 0. The van der Waals surface area contributed by atoms with Gasteiger partial charge in [0.2, 0.25) is 0 Å². The topological polar surface area (TPSA) is 48.9 Å². The minimum atomic E-state index is -0.186. The number of piperazine rings is 1. The van der Waals surface area contributed by atoms with Gasteiger partial charge in [-0.15, -0.1) is 0 Å². The summed E-state index contributed by atoms with van der Waals surface area (Å²) in [6.07, 6.45) is 2.61. The minimum Gasteiger partial charge on any atom is -0.450 e. The first-order chi connectivity index (χ1) is 11.2. The van der Waals surface area contributed by atoms with Crippen molar-refractivity contribution in [2.75, 3.05) is 50.8 Å². The zero-order chi connectivity index (χ0) is 16.2. The van der Waals surface area contributed by atoms with Crippen LogP contribution in [-0.2, 0) is 4.74 Å². The lowest BCUT2D eigenvalue weighted by Gasteiger charge is -2.38. The lowest BCUT2D eigenvalue weighted by molar-refractivity contribution is 0.110. The van der Waals surface area contributed by atoms with Crippen LogP contribution in [0.4, 0.5) is 10.6 Å². The smallest absolute Gasteiger partial charge is 0.409 e. The first-order valence-electron chi connectivity index (χ1n) is 8.20. The number of nitrogens with zero attached hydrogens (tertiary/aromatic N) is 4. The summed E-state index contributed by atoms with van der Waals surface area (Å²) in [7, 11) is 0. The summed E-state index contributed by atoms with van der Waals surface area (Å²) in [6, 6.07) is 4.16. The van der Waals surface area contributed by atoms with E-state index in [-0.39, 0.29) is 6.09 Å². The first kappa shape index (κ1) is 16.3.